The molecule has 0 aromatic heterocycles. The summed E-state index contributed by atoms with van der Waals surface area (Å²) in [6.45, 7) is 4.16. The van der Waals surface area contributed by atoms with E-state index < -0.39 is 36.0 Å². The van der Waals surface area contributed by atoms with Crippen molar-refractivity contribution in [2.24, 2.45) is 5.92 Å². The summed E-state index contributed by atoms with van der Waals surface area (Å²) in [5.74, 6) is -1.09. The monoisotopic (exact) mass is 584 g/mol. The smallest absolute Gasteiger partial charge is 0.410 e. The Morgan fingerprint density at radius 2 is 1.42 bits per heavy atom. The Bertz CT molecular complexity index is 1310. The lowest BCUT2D eigenvalue weighted by Crippen LogP contribution is -2.52. The van der Waals surface area contributed by atoms with E-state index in [9.17, 15) is 19.2 Å². The van der Waals surface area contributed by atoms with Gasteiger partial charge in [0.25, 0.3) is 0 Å². The van der Waals surface area contributed by atoms with Crippen LogP contribution in [0.4, 0.5) is 4.79 Å². The number of rotatable bonds is 12. The van der Waals surface area contributed by atoms with Gasteiger partial charge in [-0.25, -0.2) is 4.79 Å². The number of benzene rings is 3. The number of carbonyl (C=O) groups excluding carboxylic acids is 4. The molecule has 226 valence electrons. The van der Waals surface area contributed by atoms with Crippen LogP contribution in [0, 0.1) is 5.92 Å². The molecule has 0 unspecified atom stereocenters. The lowest BCUT2D eigenvalue weighted by Gasteiger charge is -2.26. The summed E-state index contributed by atoms with van der Waals surface area (Å²) >= 11 is 0. The van der Waals surface area contributed by atoms with Gasteiger partial charge in [0.05, 0.1) is 12.6 Å². The number of nitrogens with zero attached hydrogens (tertiary/aromatic N) is 1. The van der Waals surface area contributed by atoms with E-state index in [-0.39, 0.29) is 25.0 Å². The van der Waals surface area contributed by atoms with Gasteiger partial charge in [-0.2, -0.15) is 0 Å². The Morgan fingerprint density at radius 1 is 0.837 bits per heavy atom. The van der Waals surface area contributed by atoms with E-state index in [1.807, 2.05) is 105 Å². The van der Waals surface area contributed by atoms with Gasteiger partial charge in [-0.1, -0.05) is 105 Å². The molecule has 9 nitrogen and oxygen atoms in total. The molecule has 1 aliphatic rings. The van der Waals surface area contributed by atoms with Crippen molar-refractivity contribution in [3.8, 4) is 0 Å². The van der Waals surface area contributed by atoms with Crippen LogP contribution in [0.15, 0.2) is 91.0 Å². The van der Waals surface area contributed by atoms with Gasteiger partial charge in [-0.05, 0) is 41.9 Å². The third-order valence-electron chi connectivity index (χ3n) is 7.33. The van der Waals surface area contributed by atoms with Crippen molar-refractivity contribution in [1.82, 2.24) is 20.9 Å². The van der Waals surface area contributed by atoms with E-state index in [1.54, 1.807) is 0 Å². The Balaban J connectivity index is 1.33. The SMILES string of the molecule is CC(C)C[C@H](NC(=O)CNC(=O)[C@@H]1CCCN1C(=O)OCc1ccccc1)C(=O)NC(c1ccccc1)c1ccccc1. The summed E-state index contributed by atoms with van der Waals surface area (Å²) in [4.78, 5) is 53.5. The van der Waals surface area contributed by atoms with Crippen molar-refractivity contribution >= 4 is 23.8 Å². The predicted octanol–water partition coefficient (Wildman–Crippen LogP) is 4.34. The van der Waals surface area contributed by atoms with Gasteiger partial charge >= 0.3 is 6.09 Å². The minimum absolute atomic E-state index is 0.113. The van der Waals surface area contributed by atoms with Crippen LogP contribution in [0.1, 0.15) is 55.8 Å². The molecule has 9 heteroatoms. The number of ether oxygens (including phenoxy) is 1. The summed E-state index contributed by atoms with van der Waals surface area (Å²) in [7, 11) is 0. The first-order valence-corrected chi connectivity index (χ1v) is 14.8. The van der Waals surface area contributed by atoms with Crippen molar-refractivity contribution in [2.75, 3.05) is 13.1 Å². The second kappa shape index (κ2) is 15.5. The highest BCUT2D eigenvalue weighted by atomic mass is 16.6. The molecule has 3 N–H and O–H groups in total. The second-order valence-electron chi connectivity index (χ2n) is 11.1. The molecule has 4 amide bonds. The maximum atomic E-state index is 13.5. The van der Waals surface area contributed by atoms with Crippen molar-refractivity contribution < 1.29 is 23.9 Å². The summed E-state index contributed by atoms with van der Waals surface area (Å²) in [6, 6.07) is 26.7. The second-order valence-corrected chi connectivity index (χ2v) is 11.1. The van der Waals surface area contributed by atoms with Crippen LogP contribution in [-0.2, 0) is 25.7 Å². The quantitative estimate of drug-likeness (QED) is 0.293. The predicted molar refractivity (Wildman–Crippen MR) is 164 cm³/mol. The van der Waals surface area contributed by atoms with E-state index in [0.29, 0.717) is 25.8 Å². The molecular weight excluding hydrogens is 544 g/mol. The lowest BCUT2D eigenvalue weighted by molar-refractivity contribution is -0.131. The van der Waals surface area contributed by atoms with Gasteiger partial charge in [0, 0.05) is 6.54 Å². The Morgan fingerprint density at radius 3 is 2.00 bits per heavy atom. The molecule has 1 aliphatic heterocycles. The molecule has 3 aromatic rings. The third-order valence-corrected chi connectivity index (χ3v) is 7.33. The van der Waals surface area contributed by atoms with Gasteiger partial charge < -0.3 is 20.7 Å². The number of likely N-dealkylation sites (tertiary alicyclic amines) is 1. The standard InChI is InChI=1S/C34H40N4O5/c1-24(2)21-28(32(40)37-31(26-15-8-4-9-16-26)27-17-10-5-11-18-27)36-30(39)22-35-33(41)29-19-12-20-38(29)34(42)43-23-25-13-6-3-7-14-25/h3-11,13-18,24,28-29,31H,12,19-23H2,1-2H3,(H,35,41)(H,36,39)(H,37,40)/t28-,29-/m0/s1. The zero-order chi connectivity index (χ0) is 30.6. The molecule has 3 aromatic carbocycles. The van der Waals surface area contributed by atoms with Crippen LogP contribution in [0.3, 0.4) is 0 Å². The van der Waals surface area contributed by atoms with E-state index in [2.05, 4.69) is 16.0 Å². The Labute approximate surface area is 253 Å². The molecule has 1 fully saturated rings. The zero-order valence-electron chi connectivity index (χ0n) is 24.7. The number of nitrogens with one attached hydrogen (secondary N) is 3. The highest BCUT2D eigenvalue weighted by molar-refractivity contribution is 5.92. The van der Waals surface area contributed by atoms with Crippen molar-refractivity contribution in [2.45, 2.75) is 57.8 Å². The largest absolute Gasteiger partial charge is 0.445 e. The first-order valence-electron chi connectivity index (χ1n) is 14.8. The van der Waals surface area contributed by atoms with Crippen LogP contribution in [0.25, 0.3) is 0 Å². The van der Waals surface area contributed by atoms with Crippen LogP contribution >= 0.6 is 0 Å². The average molecular weight is 585 g/mol. The fraction of sp³-hybridized carbons (Fsp3) is 0.353. The first-order chi connectivity index (χ1) is 20.8. The van der Waals surface area contributed by atoms with Crippen LogP contribution in [-0.4, -0.2) is 53.9 Å². The van der Waals surface area contributed by atoms with E-state index in [0.717, 1.165) is 16.7 Å². The molecule has 0 aliphatic carbocycles. The average Bonchev–Trinajstić information content (AvgIpc) is 3.52. The molecule has 0 spiro atoms. The van der Waals surface area contributed by atoms with Crippen LogP contribution in [0.2, 0.25) is 0 Å². The number of amides is 4. The molecule has 1 heterocycles. The molecule has 0 radical (unpaired) electrons. The number of carbonyl (C=O) groups is 4. The fourth-order valence-corrected chi connectivity index (χ4v) is 5.19. The minimum atomic E-state index is -0.796. The van der Waals surface area contributed by atoms with Gasteiger partial charge in [-0.15, -0.1) is 0 Å². The van der Waals surface area contributed by atoms with Gasteiger partial charge in [0.15, 0.2) is 0 Å². The van der Waals surface area contributed by atoms with Crippen LogP contribution in [0.5, 0.6) is 0 Å². The van der Waals surface area contributed by atoms with E-state index in [4.69, 9.17) is 4.74 Å². The van der Waals surface area contributed by atoms with Crippen LogP contribution < -0.4 is 16.0 Å². The molecule has 43 heavy (non-hydrogen) atoms. The Kier molecular flexibility index (Phi) is 11.3. The highest BCUT2D eigenvalue weighted by Crippen LogP contribution is 2.23. The summed E-state index contributed by atoms with van der Waals surface area (Å²) in [6.07, 6.45) is 0.995. The Hall–Kier alpha value is -4.66. The third kappa shape index (κ3) is 9.16. The molecule has 4 rings (SSSR count). The molecule has 0 bridgehead atoms. The lowest BCUT2D eigenvalue weighted by atomic mass is 9.97. The van der Waals surface area contributed by atoms with Gasteiger partial charge in [0.1, 0.15) is 18.7 Å². The van der Waals surface area contributed by atoms with E-state index in [1.165, 1.54) is 4.90 Å². The summed E-state index contributed by atoms with van der Waals surface area (Å²) in [5.41, 5.74) is 2.70. The molecule has 2 atom stereocenters. The normalized spacial score (nSPS) is 15.2. The van der Waals surface area contributed by atoms with Crippen molar-refractivity contribution in [3.63, 3.8) is 0 Å². The molecule has 1 saturated heterocycles. The van der Waals surface area contributed by atoms with Gasteiger partial charge in [0.2, 0.25) is 17.7 Å². The molecule has 0 saturated carbocycles. The molecular formula is C34H40N4O5. The fourth-order valence-electron chi connectivity index (χ4n) is 5.19. The van der Waals surface area contributed by atoms with E-state index >= 15 is 0 Å². The maximum Gasteiger partial charge on any atom is 0.410 e. The van der Waals surface area contributed by atoms with Crippen molar-refractivity contribution in [1.29, 1.82) is 0 Å². The zero-order valence-corrected chi connectivity index (χ0v) is 24.7. The highest BCUT2D eigenvalue weighted by Gasteiger charge is 2.35. The van der Waals surface area contributed by atoms with Crippen molar-refractivity contribution in [3.05, 3.63) is 108 Å². The topological polar surface area (TPSA) is 117 Å². The number of hydrogen-bond donors (Lipinski definition) is 3. The summed E-state index contributed by atoms with van der Waals surface area (Å²) < 4.78 is 5.41. The van der Waals surface area contributed by atoms with Gasteiger partial charge in [-0.3, -0.25) is 19.3 Å². The summed E-state index contributed by atoms with van der Waals surface area (Å²) in [5, 5.41) is 8.56. The maximum absolute atomic E-state index is 13.5. The first kappa shape index (κ1) is 31.3. The number of hydrogen-bond acceptors (Lipinski definition) is 5. The minimum Gasteiger partial charge on any atom is -0.445 e.